The molecular weight excluding hydrogens is 309 g/mol. The Morgan fingerprint density at radius 1 is 1.19 bits per heavy atom. The molecule has 1 atom stereocenters. The third-order valence-corrected chi connectivity index (χ3v) is 4.47. The highest BCUT2D eigenvalue weighted by molar-refractivity contribution is 6.37. The van der Waals surface area contributed by atoms with E-state index in [1.807, 2.05) is 0 Å². The molecule has 5 heteroatoms. The zero-order chi connectivity index (χ0) is 15.1. The van der Waals surface area contributed by atoms with Crippen molar-refractivity contribution in [1.29, 1.82) is 0 Å². The number of aliphatic hydroxyl groups excluding tert-OH is 1. The van der Waals surface area contributed by atoms with Crippen LogP contribution in [0.15, 0.2) is 18.2 Å². The molecule has 0 spiro atoms. The van der Waals surface area contributed by atoms with E-state index in [0.29, 0.717) is 22.3 Å². The van der Waals surface area contributed by atoms with Crippen LogP contribution in [-0.4, -0.2) is 30.9 Å². The smallest absolute Gasteiger partial charge is 0.156 e. The van der Waals surface area contributed by atoms with E-state index in [-0.39, 0.29) is 6.61 Å². The van der Waals surface area contributed by atoms with Crippen LogP contribution >= 0.6 is 23.2 Å². The lowest BCUT2D eigenvalue weighted by Gasteiger charge is -2.22. The second kappa shape index (κ2) is 8.84. The van der Waals surface area contributed by atoms with E-state index < -0.39 is 6.10 Å². The van der Waals surface area contributed by atoms with Gasteiger partial charge in [0.2, 0.25) is 0 Å². The lowest BCUT2D eigenvalue weighted by atomic mass is 9.89. The Kier molecular flexibility index (Phi) is 7.11. The summed E-state index contributed by atoms with van der Waals surface area (Å²) in [6.45, 7) is 1.68. The summed E-state index contributed by atoms with van der Waals surface area (Å²) in [5.41, 5.74) is 0. The molecule has 118 valence electrons. The Morgan fingerprint density at radius 2 is 1.86 bits per heavy atom. The quantitative estimate of drug-likeness (QED) is 0.796. The number of para-hydroxylation sites is 1. The lowest BCUT2D eigenvalue weighted by Crippen LogP contribution is -2.34. The Morgan fingerprint density at radius 3 is 2.52 bits per heavy atom. The molecule has 3 nitrogen and oxygen atoms in total. The Hall–Kier alpha value is -0.480. The molecular formula is C16H23Cl2NO2. The molecule has 1 fully saturated rings. The Bertz CT molecular complexity index is 416. The highest BCUT2D eigenvalue weighted by atomic mass is 35.5. The summed E-state index contributed by atoms with van der Waals surface area (Å²) < 4.78 is 5.52. The number of hydrogen-bond donors (Lipinski definition) is 2. The van der Waals surface area contributed by atoms with Gasteiger partial charge in [-0.25, -0.2) is 0 Å². The highest BCUT2D eigenvalue weighted by Gasteiger charge is 2.14. The summed E-state index contributed by atoms with van der Waals surface area (Å²) in [6, 6.07) is 5.20. The van der Waals surface area contributed by atoms with Gasteiger partial charge in [0.25, 0.3) is 0 Å². The molecule has 1 unspecified atom stereocenters. The van der Waals surface area contributed by atoms with E-state index >= 15 is 0 Å². The molecule has 0 heterocycles. The van der Waals surface area contributed by atoms with Crippen molar-refractivity contribution < 1.29 is 9.84 Å². The van der Waals surface area contributed by atoms with Crippen LogP contribution in [0.2, 0.25) is 10.0 Å². The lowest BCUT2D eigenvalue weighted by molar-refractivity contribution is 0.105. The molecule has 0 saturated heterocycles. The molecule has 1 aromatic carbocycles. The van der Waals surface area contributed by atoms with Gasteiger partial charge in [-0.1, -0.05) is 48.5 Å². The first-order valence-electron chi connectivity index (χ1n) is 7.62. The molecule has 0 amide bonds. The van der Waals surface area contributed by atoms with Crippen molar-refractivity contribution in [2.24, 2.45) is 5.92 Å². The maximum absolute atomic E-state index is 9.95. The van der Waals surface area contributed by atoms with E-state index in [1.165, 1.54) is 32.1 Å². The molecule has 0 aromatic heterocycles. The molecule has 21 heavy (non-hydrogen) atoms. The summed E-state index contributed by atoms with van der Waals surface area (Å²) in [5, 5.41) is 14.2. The number of hydrogen-bond acceptors (Lipinski definition) is 3. The normalized spacial score (nSPS) is 17.7. The van der Waals surface area contributed by atoms with E-state index in [0.717, 1.165) is 12.5 Å². The van der Waals surface area contributed by atoms with Crippen LogP contribution in [0.25, 0.3) is 0 Å². The van der Waals surface area contributed by atoms with Gasteiger partial charge in [-0.2, -0.15) is 0 Å². The largest absolute Gasteiger partial charge is 0.488 e. The van der Waals surface area contributed by atoms with Crippen LogP contribution in [0.4, 0.5) is 0 Å². The molecule has 2 rings (SSSR count). The highest BCUT2D eigenvalue weighted by Crippen LogP contribution is 2.32. The minimum atomic E-state index is -0.569. The van der Waals surface area contributed by atoms with Crippen LogP contribution in [0.3, 0.4) is 0 Å². The van der Waals surface area contributed by atoms with Gasteiger partial charge >= 0.3 is 0 Å². The summed E-state index contributed by atoms with van der Waals surface area (Å²) in [4.78, 5) is 0. The first-order valence-corrected chi connectivity index (χ1v) is 8.38. The van der Waals surface area contributed by atoms with Gasteiger partial charge in [0.05, 0.1) is 10.0 Å². The number of halogens is 2. The van der Waals surface area contributed by atoms with Crippen molar-refractivity contribution in [3.05, 3.63) is 28.2 Å². The molecule has 1 aliphatic rings. The molecule has 1 aromatic rings. The number of ether oxygens (including phenoxy) is 1. The van der Waals surface area contributed by atoms with Crippen LogP contribution in [-0.2, 0) is 0 Å². The molecule has 1 saturated carbocycles. The van der Waals surface area contributed by atoms with E-state index in [1.54, 1.807) is 18.2 Å². The topological polar surface area (TPSA) is 41.5 Å². The average molecular weight is 332 g/mol. The van der Waals surface area contributed by atoms with Gasteiger partial charge in [-0.3, -0.25) is 0 Å². The summed E-state index contributed by atoms with van der Waals surface area (Å²) >= 11 is 12.0. The van der Waals surface area contributed by atoms with Gasteiger partial charge in [0.1, 0.15) is 12.7 Å². The van der Waals surface area contributed by atoms with Crippen molar-refractivity contribution in [3.8, 4) is 5.75 Å². The monoisotopic (exact) mass is 331 g/mol. The maximum Gasteiger partial charge on any atom is 0.156 e. The van der Waals surface area contributed by atoms with E-state index in [4.69, 9.17) is 27.9 Å². The first kappa shape index (κ1) is 16.9. The first-order chi connectivity index (χ1) is 10.2. The number of nitrogens with one attached hydrogen (secondary N) is 1. The number of rotatable bonds is 7. The van der Waals surface area contributed by atoms with Crippen molar-refractivity contribution in [2.45, 2.75) is 38.2 Å². The predicted molar refractivity (Wildman–Crippen MR) is 87.4 cm³/mol. The SMILES string of the molecule is OC(CNCC1CCCCC1)COc1c(Cl)cccc1Cl. The summed E-state index contributed by atoms with van der Waals surface area (Å²) in [5.74, 6) is 1.19. The predicted octanol–water partition coefficient (Wildman–Crippen LogP) is 3.90. The maximum atomic E-state index is 9.95. The van der Waals surface area contributed by atoms with Gasteiger partial charge in [0.15, 0.2) is 5.75 Å². The Labute approximate surface area is 136 Å². The fourth-order valence-electron chi connectivity index (χ4n) is 2.70. The fraction of sp³-hybridized carbons (Fsp3) is 0.625. The van der Waals surface area contributed by atoms with Crippen molar-refractivity contribution in [1.82, 2.24) is 5.32 Å². The van der Waals surface area contributed by atoms with Gasteiger partial charge in [0, 0.05) is 6.54 Å². The fourth-order valence-corrected chi connectivity index (χ4v) is 3.21. The second-order valence-electron chi connectivity index (χ2n) is 5.68. The third kappa shape index (κ3) is 5.67. The zero-order valence-electron chi connectivity index (χ0n) is 12.2. The summed E-state index contributed by atoms with van der Waals surface area (Å²) in [6.07, 6.45) is 6.07. The van der Waals surface area contributed by atoms with E-state index in [2.05, 4.69) is 5.32 Å². The minimum absolute atomic E-state index is 0.182. The average Bonchev–Trinajstić information content (AvgIpc) is 2.48. The van der Waals surface area contributed by atoms with E-state index in [9.17, 15) is 5.11 Å². The molecule has 0 radical (unpaired) electrons. The van der Waals surface area contributed by atoms with Gasteiger partial charge in [-0.05, 0) is 37.4 Å². The molecule has 1 aliphatic carbocycles. The molecule has 0 aliphatic heterocycles. The van der Waals surface area contributed by atoms with Crippen molar-refractivity contribution >= 4 is 23.2 Å². The van der Waals surface area contributed by atoms with Crippen molar-refractivity contribution in [3.63, 3.8) is 0 Å². The van der Waals surface area contributed by atoms with Crippen LogP contribution in [0.5, 0.6) is 5.75 Å². The zero-order valence-corrected chi connectivity index (χ0v) is 13.7. The van der Waals surface area contributed by atoms with Crippen LogP contribution in [0, 0.1) is 5.92 Å². The standard InChI is InChI=1S/C16H23Cl2NO2/c17-14-7-4-8-15(18)16(14)21-11-13(20)10-19-9-12-5-2-1-3-6-12/h4,7-8,12-13,19-20H,1-3,5-6,9-11H2. The Balaban J connectivity index is 1.66. The minimum Gasteiger partial charge on any atom is -0.488 e. The van der Waals surface area contributed by atoms with Crippen molar-refractivity contribution in [2.75, 3.05) is 19.7 Å². The third-order valence-electron chi connectivity index (χ3n) is 3.88. The van der Waals surface area contributed by atoms with Gasteiger partial charge in [-0.15, -0.1) is 0 Å². The second-order valence-corrected chi connectivity index (χ2v) is 6.49. The number of benzene rings is 1. The van der Waals surface area contributed by atoms with Crippen LogP contribution < -0.4 is 10.1 Å². The molecule has 0 bridgehead atoms. The molecule has 2 N–H and O–H groups in total. The van der Waals surface area contributed by atoms with Gasteiger partial charge < -0.3 is 15.2 Å². The number of aliphatic hydroxyl groups is 1. The summed E-state index contributed by atoms with van der Waals surface area (Å²) in [7, 11) is 0. The van der Waals surface area contributed by atoms with Crippen LogP contribution in [0.1, 0.15) is 32.1 Å².